The number of nitrogens with one attached hydrogen (secondary N) is 2. The van der Waals surface area contributed by atoms with Gasteiger partial charge in [-0.15, -0.1) is 0 Å². The summed E-state index contributed by atoms with van der Waals surface area (Å²) >= 11 is 0. The average Bonchev–Trinajstić information content (AvgIpc) is 3.27. The number of carboxylic acid groups (broad SMARTS) is 2. The highest BCUT2D eigenvalue weighted by atomic mass is 16.4. The molecule has 11 heteroatoms. The van der Waals surface area contributed by atoms with Gasteiger partial charge in [-0.25, -0.2) is 4.79 Å². The van der Waals surface area contributed by atoms with Crippen LogP contribution in [0.15, 0.2) is 30.3 Å². The molecule has 0 saturated carbocycles. The van der Waals surface area contributed by atoms with Crippen molar-refractivity contribution in [2.75, 3.05) is 6.54 Å². The zero-order chi connectivity index (χ0) is 26.1. The van der Waals surface area contributed by atoms with Crippen molar-refractivity contribution in [2.24, 2.45) is 11.7 Å². The molecule has 1 aromatic rings. The average molecular weight is 491 g/mol. The molecule has 1 aromatic carbocycles. The van der Waals surface area contributed by atoms with Crippen LogP contribution in [-0.2, 0) is 30.4 Å². The molecular weight excluding hydrogens is 456 g/mol. The third kappa shape index (κ3) is 8.36. The van der Waals surface area contributed by atoms with Crippen molar-refractivity contribution < 1.29 is 34.2 Å². The number of amides is 3. The minimum atomic E-state index is -1.62. The first-order valence-corrected chi connectivity index (χ1v) is 11.6. The quantitative estimate of drug-likeness (QED) is 0.274. The number of carbonyl (C=O) groups is 5. The highest BCUT2D eigenvalue weighted by Gasteiger charge is 2.39. The van der Waals surface area contributed by atoms with Gasteiger partial charge in [0, 0.05) is 13.0 Å². The van der Waals surface area contributed by atoms with Crippen LogP contribution in [-0.4, -0.2) is 75.5 Å². The predicted molar refractivity (Wildman–Crippen MR) is 126 cm³/mol. The van der Waals surface area contributed by atoms with Gasteiger partial charge >= 0.3 is 11.9 Å². The molecule has 0 radical (unpaired) electrons. The van der Waals surface area contributed by atoms with Crippen LogP contribution < -0.4 is 16.4 Å². The fraction of sp³-hybridized carbons (Fsp3) is 0.542. The maximum atomic E-state index is 13.5. The van der Waals surface area contributed by atoms with Crippen molar-refractivity contribution in [1.82, 2.24) is 15.5 Å². The van der Waals surface area contributed by atoms with Crippen LogP contribution in [0.3, 0.4) is 0 Å². The van der Waals surface area contributed by atoms with E-state index in [1.807, 2.05) is 44.2 Å². The number of nitrogens with zero attached hydrogens (tertiary/aromatic N) is 1. The molecule has 0 spiro atoms. The van der Waals surface area contributed by atoms with Gasteiger partial charge in [0.1, 0.15) is 18.1 Å². The zero-order valence-corrected chi connectivity index (χ0v) is 20.0. The summed E-state index contributed by atoms with van der Waals surface area (Å²) in [6.07, 6.45) is 0.617. The number of aliphatic carboxylic acids is 2. The van der Waals surface area contributed by atoms with Crippen LogP contribution in [0.1, 0.15) is 45.1 Å². The second-order valence-corrected chi connectivity index (χ2v) is 9.17. The summed E-state index contributed by atoms with van der Waals surface area (Å²) in [7, 11) is 0. The number of likely N-dealkylation sites (tertiary alicyclic amines) is 1. The van der Waals surface area contributed by atoms with Crippen molar-refractivity contribution in [2.45, 2.75) is 70.1 Å². The lowest BCUT2D eigenvalue weighted by Crippen LogP contribution is -2.57. The summed E-state index contributed by atoms with van der Waals surface area (Å²) < 4.78 is 0. The molecular formula is C24H34N4O7. The molecule has 1 aliphatic rings. The van der Waals surface area contributed by atoms with Gasteiger partial charge in [-0.2, -0.15) is 0 Å². The Morgan fingerprint density at radius 1 is 1.06 bits per heavy atom. The van der Waals surface area contributed by atoms with E-state index in [1.165, 1.54) is 4.90 Å². The molecule has 0 aliphatic carbocycles. The Hall–Kier alpha value is -3.47. The van der Waals surface area contributed by atoms with Crippen molar-refractivity contribution >= 4 is 29.7 Å². The molecule has 35 heavy (non-hydrogen) atoms. The third-order valence-corrected chi connectivity index (χ3v) is 5.79. The topological polar surface area (TPSA) is 179 Å². The molecule has 1 saturated heterocycles. The highest BCUT2D eigenvalue weighted by Crippen LogP contribution is 2.20. The number of benzene rings is 1. The molecule has 192 valence electrons. The minimum Gasteiger partial charge on any atom is -0.481 e. The van der Waals surface area contributed by atoms with E-state index in [0.29, 0.717) is 12.8 Å². The van der Waals surface area contributed by atoms with Crippen molar-refractivity contribution in [3.63, 3.8) is 0 Å². The van der Waals surface area contributed by atoms with Crippen LogP contribution in [0.25, 0.3) is 0 Å². The van der Waals surface area contributed by atoms with Crippen LogP contribution >= 0.6 is 0 Å². The van der Waals surface area contributed by atoms with Crippen LogP contribution in [0.5, 0.6) is 0 Å². The lowest BCUT2D eigenvalue weighted by molar-refractivity contribution is -0.148. The molecule has 1 fully saturated rings. The summed E-state index contributed by atoms with van der Waals surface area (Å²) in [5.41, 5.74) is 6.81. The van der Waals surface area contributed by atoms with Crippen LogP contribution in [0.2, 0.25) is 0 Å². The van der Waals surface area contributed by atoms with E-state index in [0.717, 1.165) is 5.56 Å². The largest absolute Gasteiger partial charge is 0.481 e. The molecule has 1 aliphatic heterocycles. The normalized spacial score (nSPS) is 17.9. The van der Waals surface area contributed by atoms with E-state index in [1.54, 1.807) is 0 Å². The Morgan fingerprint density at radius 2 is 1.71 bits per heavy atom. The van der Waals surface area contributed by atoms with Crippen molar-refractivity contribution in [1.29, 1.82) is 0 Å². The predicted octanol–water partition coefficient (Wildman–Crippen LogP) is 0.122. The second kappa shape index (κ2) is 12.8. The lowest BCUT2D eigenvalue weighted by Gasteiger charge is -2.30. The Balaban J connectivity index is 2.21. The van der Waals surface area contributed by atoms with Gasteiger partial charge in [0.15, 0.2) is 0 Å². The standard InChI is InChI=1S/C24H34N4O7/c1-14(2)11-16(25)21(31)26-17(12-15-7-4-3-5-8-15)23(33)28-10-6-9-19(28)22(32)27-18(24(34)35)13-20(29)30/h3-5,7-8,14,16-19H,6,9-13,25H2,1-2H3,(H,26,31)(H,27,32)(H,29,30)(H,34,35)/t16-,17-,18-,19-/m0/s1. The summed E-state index contributed by atoms with van der Waals surface area (Å²) in [6.45, 7) is 4.11. The van der Waals surface area contributed by atoms with Gasteiger partial charge in [0.2, 0.25) is 17.7 Å². The van der Waals surface area contributed by atoms with Crippen LogP contribution in [0.4, 0.5) is 0 Å². The second-order valence-electron chi connectivity index (χ2n) is 9.17. The minimum absolute atomic E-state index is 0.179. The number of rotatable bonds is 12. The Morgan fingerprint density at radius 3 is 2.29 bits per heavy atom. The van der Waals surface area contributed by atoms with Crippen LogP contribution in [0, 0.1) is 5.92 Å². The molecule has 3 amide bonds. The Kier molecular flexibility index (Phi) is 10.2. The third-order valence-electron chi connectivity index (χ3n) is 5.79. The number of hydrogen-bond donors (Lipinski definition) is 5. The molecule has 11 nitrogen and oxygen atoms in total. The summed E-state index contributed by atoms with van der Waals surface area (Å²) in [5, 5.41) is 23.1. The summed E-state index contributed by atoms with van der Waals surface area (Å²) in [4.78, 5) is 62.7. The molecule has 4 atom stereocenters. The Labute approximate surface area is 204 Å². The molecule has 0 unspecified atom stereocenters. The van der Waals surface area contributed by atoms with Gasteiger partial charge in [-0.05, 0) is 30.7 Å². The Bertz CT molecular complexity index is 922. The first-order valence-electron chi connectivity index (χ1n) is 11.6. The van der Waals surface area contributed by atoms with Crippen molar-refractivity contribution in [3.05, 3.63) is 35.9 Å². The highest BCUT2D eigenvalue weighted by molar-refractivity contribution is 5.95. The van der Waals surface area contributed by atoms with Gasteiger partial charge in [-0.3, -0.25) is 19.2 Å². The lowest BCUT2D eigenvalue weighted by atomic mass is 10.0. The molecule has 0 bridgehead atoms. The maximum Gasteiger partial charge on any atom is 0.326 e. The zero-order valence-electron chi connectivity index (χ0n) is 20.0. The summed E-state index contributed by atoms with van der Waals surface area (Å²) in [5.74, 6) is -4.38. The van der Waals surface area contributed by atoms with Gasteiger partial charge in [-0.1, -0.05) is 44.2 Å². The number of carbonyl (C=O) groups excluding carboxylic acids is 3. The van der Waals surface area contributed by atoms with E-state index in [-0.39, 0.29) is 25.3 Å². The van der Waals surface area contributed by atoms with E-state index in [2.05, 4.69) is 10.6 Å². The van der Waals surface area contributed by atoms with E-state index >= 15 is 0 Å². The number of carboxylic acids is 2. The fourth-order valence-electron chi connectivity index (χ4n) is 4.09. The van der Waals surface area contributed by atoms with Gasteiger partial charge < -0.3 is 31.5 Å². The van der Waals surface area contributed by atoms with Crippen molar-refractivity contribution in [3.8, 4) is 0 Å². The molecule has 0 aromatic heterocycles. The molecule has 2 rings (SSSR count). The van der Waals surface area contributed by atoms with Gasteiger partial charge in [0.05, 0.1) is 12.5 Å². The fourth-order valence-corrected chi connectivity index (χ4v) is 4.09. The molecule has 6 N–H and O–H groups in total. The smallest absolute Gasteiger partial charge is 0.326 e. The first-order chi connectivity index (χ1) is 16.5. The first kappa shape index (κ1) is 27.8. The number of hydrogen-bond acceptors (Lipinski definition) is 6. The maximum absolute atomic E-state index is 13.5. The number of nitrogens with two attached hydrogens (primary N) is 1. The SMILES string of the molecule is CC(C)C[C@H](N)C(=O)N[C@@H](Cc1ccccc1)C(=O)N1CCC[C@H]1C(=O)N[C@@H](CC(=O)O)C(=O)O. The van der Waals surface area contributed by atoms with Gasteiger partial charge in [0.25, 0.3) is 0 Å². The van der Waals surface area contributed by atoms with E-state index in [9.17, 15) is 29.1 Å². The monoisotopic (exact) mass is 490 g/mol. The van der Waals surface area contributed by atoms with E-state index < -0.39 is 60.2 Å². The molecule has 1 heterocycles. The van der Waals surface area contributed by atoms with E-state index in [4.69, 9.17) is 10.8 Å². The summed E-state index contributed by atoms with van der Waals surface area (Å²) in [6, 6.07) is 4.71.